The van der Waals surface area contributed by atoms with Crippen LogP contribution < -0.4 is 10.5 Å². The molecule has 1 aliphatic heterocycles. The average molecular weight is 291 g/mol. The molecule has 112 valence electrons. The van der Waals surface area contributed by atoms with Crippen molar-refractivity contribution < 1.29 is 13.2 Å². The van der Waals surface area contributed by atoms with Crippen LogP contribution in [0.25, 0.3) is 0 Å². The van der Waals surface area contributed by atoms with Crippen LogP contribution in [0.2, 0.25) is 0 Å². The zero-order chi connectivity index (χ0) is 14.7. The lowest BCUT2D eigenvalue weighted by molar-refractivity contribution is -0.139. The molecule has 1 atom stereocenters. The molecule has 1 rings (SSSR count). The highest BCUT2D eigenvalue weighted by Gasteiger charge is 2.33. The average Bonchev–Trinajstić information content (AvgIpc) is 2.26. The van der Waals surface area contributed by atoms with Crippen molar-refractivity contribution in [3.63, 3.8) is 0 Å². The maximum absolute atomic E-state index is 12.3. The van der Waals surface area contributed by atoms with Crippen LogP contribution in [0.3, 0.4) is 0 Å². The summed E-state index contributed by atoms with van der Waals surface area (Å²) >= 11 is 0. The van der Waals surface area contributed by atoms with Gasteiger partial charge in [-0.15, -0.1) is 0 Å². The largest absolute Gasteiger partial charge is 0.338 e. The Morgan fingerprint density at radius 1 is 1.42 bits per heavy atom. The number of amides is 1. The molecule has 1 fully saturated rings. The first-order valence-electron chi connectivity index (χ1n) is 6.66. The van der Waals surface area contributed by atoms with Crippen molar-refractivity contribution in [3.05, 3.63) is 0 Å². The van der Waals surface area contributed by atoms with E-state index < -0.39 is 15.6 Å². The maximum Gasteiger partial charge on any atom is 0.242 e. The fourth-order valence-electron chi connectivity index (χ4n) is 2.35. The number of piperidine rings is 1. The normalized spacial score (nSPS) is 21.5. The molecule has 1 aliphatic rings. The molecular weight excluding hydrogens is 266 g/mol. The van der Waals surface area contributed by atoms with Gasteiger partial charge in [-0.3, -0.25) is 4.79 Å². The summed E-state index contributed by atoms with van der Waals surface area (Å²) in [6.07, 6.45) is 4.73. The van der Waals surface area contributed by atoms with Gasteiger partial charge in [0.1, 0.15) is 0 Å². The van der Waals surface area contributed by atoms with Crippen LogP contribution in [-0.2, 0) is 14.8 Å². The second-order valence-corrected chi connectivity index (χ2v) is 7.66. The molecule has 1 amide bonds. The number of nitrogens with two attached hydrogens (primary N) is 1. The lowest BCUT2D eigenvalue weighted by Gasteiger charge is -2.39. The van der Waals surface area contributed by atoms with Gasteiger partial charge in [-0.05, 0) is 39.5 Å². The number of nitrogens with zero attached hydrogens (tertiary/aromatic N) is 1. The maximum atomic E-state index is 12.3. The quantitative estimate of drug-likeness (QED) is 0.748. The van der Waals surface area contributed by atoms with Crippen LogP contribution in [0, 0.1) is 0 Å². The van der Waals surface area contributed by atoms with E-state index in [2.05, 4.69) is 4.72 Å². The summed E-state index contributed by atoms with van der Waals surface area (Å²) in [5, 5.41) is 0. The molecule has 7 heteroatoms. The minimum Gasteiger partial charge on any atom is -0.338 e. The molecule has 0 spiro atoms. The predicted molar refractivity (Wildman–Crippen MR) is 75.1 cm³/mol. The summed E-state index contributed by atoms with van der Waals surface area (Å²) in [7, 11) is -3.17. The molecule has 0 aliphatic carbocycles. The van der Waals surface area contributed by atoms with Crippen molar-refractivity contribution in [2.24, 2.45) is 5.73 Å². The van der Waals surface area contributed by atoms with Crippen LogP contribution in [0.4, 0.5) is 0 Å². The summed E-state index contributed by atoms with van der Waals surface area (Å²) in [6.45, 7) is 4.48. The van der Waals surface area contributed by atoms with Gasteiger partial charge < -0.3 is 10.6 Å². The van der Waals surface area contributed by atoms with Crippen LogP contribution in [0.1, 0.15) is 39.5 Å². The molecular formula is C12H25N3O3S. The van der Waals surface area contributed by atoms with E-state index in [4.69, 9.17) is 5.73 Å². The van der Waals surface area contributed by atoms with Crippen molar-refractivity contribution in [2.45, 2.75) is 51.1 Å². The van der Waals surface area contributed by atoms with Crippen molar-refractivity contribution in [3.8, 4) is 0 Å². The van der Waals surface area contributed by atoms with Gasteiger partial charge >= 0.3 is 0 Å². The summed E-state index contributed by atoms with van der Waals surface area (Å²) in [5.74, 6) is -0.0587. The van der Waals surface area contributed by atoms with Crippen molar-refractivity contribution in [2.75, 3.05) is 19.3 Å². The second-order valence-electron chi connectivity index (χ2n) is 5.83. The fraction of sp³-hybridized carbons (Fsp3) is 0.917. The standard InChI is InChI=1S/C12H25N3O3S/c1-12(2,13)11(16)15-9-5-4-6-10(15)7-8-14-19(3,17)18/h10,14H,4-9,13H2,1-3H3. The Bertz CT molecular complexity index is 414. The fourth-order valence-corrected chi connectivity index (χ4v) is 2.84. The minimum absolute atomic E-state index is 0.0587. The van der Waals surface area contributed by atoms with E-state index in [0.29, 0.717) is 19.5 Å². The Kier molecular flexibility index (Phi) is 5.34. The van der Waals surface area contributed by atoms with Gasteiger partial charge in [0.15, 0.2) is 0 Å². The van der Waals surface area contributed by atoms with Gasteiger partial charge in [0.05, 0.1) is 11.8 Å². The molecule has 3 N–H and O–H groups in total. The highest BCUT2D eigenvalue weighted by Crippen LogP contribution is 2.22. The van der Waals surface area contributed by atoms with E-state index in [1.165, 1.54) is 0 Å². The number of carbonyl (C=O) groups excluding carboxylic acids is 1. The second kappa shape index (κ2) is 6.19. The molecule has 0 aromatic rings. The SMILES string of the molecule is CC(C)(N)C(=O)N1CCCCC1CCNS(C)(=O)=O. The van der Waals surface area contributed by atoms with Gasteiger partial charge in [0, 0.05) is 19.1 Å². The van der Waals surface area contributed by atoms with Crippen LogP contribution >= 0.6 is 0 Å². The third-order valence-electron chi connectivity index (χ3n) is 3.28. The monoisotopic (exact) mass is 291 g/mol. The Morgan fingerprint density at radius 3 is 2.58 bits per heavy atom. The lowest BCUT2D eigenvalue weighted by Crippen LogP contribution is -2.56. The van der Waals surface area contributed by atoms with E-state index in [9.17, 15) is 13.2 Å². The summed E-state index contributed by atoms with van der Waals surface area (Å²) < 4.78 is 24.5. The first kappa shape index (κ1) is 16.4. The van der Waals surface area contributed by atoms with Gasteiger partial charge in [-0.1, -0.05) is 0 Å². The Balaban J connectivity index is 2.60. The molecule has 1 saturated heterocycles. The van der Waals surface area contributed by atoms with Gasteiger partial charge in [-0.2, -0.15) is 0 Å². The summed E-state index contributed by atoms with van der Waals surface area (Å²) in [6, 6.07) is 0.0818. The van der Waals surface area contributed by atoms with E-state index in [0.717, 1.165) is 25.5 Å². The van der Waals surface area contributed by atoms with Crippen LogP contribution in [0.15, 0.2) is 0 Å². The number of carbonyl (C=O) groups is 1. The molecule has 0 saturated carbocycles. The molecule has 0 aromatic carbocycles. The van der Waals surface area contributed by atoms with E-state index in [1.807, 2.05) is 4.90 Å². The van der Waals surface area contributed by atoms with Crippen molar-refractivity contribution in [1.82, 2.24) is 9.62 Å². The molecule has 19 heavy (non-hydrogen) atoms. The van der Waals surface area contributed by atoms with E-state index >= 15 is 0 Å². The molecule has 6 nitrogen and oxygen atoms in total. The lowest BCUT2D eigenvalue weighted by atomic mass is 9.95. The topological polar surface area (TPSA) is 92.5 Å². The first-order chi connectivity index (χ1) is 8.61. The van der Waals surface area contributed by atoms with Crippen LogP contribution in [0.5, 0.6) is 0 Å². The predicted octanol–water partition coefficient (Wildman–Crippen LogP) is 0.0441. The zero-order valence-corrected chi connectivity index (χ0v) is 12.8. The number of rotatable bonds is 5. The number of hydrogen-bond donors (Lipinski definition) is 2. The molecule has 1 unspecified atom stereocenters. The zero-order valence-electron chi connectivity index (χ0n) is 12.0. The van der Waals surface area contributed by atoms with Gasteiger partial charge in [0.25, 0.3) is 0 Å². The van der Waals surface area contributed by atoms with E-state index in [1.54, 1.807) is 13.8 Å². The first-order valence-corrected chi connectivity index (χ1v) is 8.55. The number of hydrogen-bond acceptors (Lipinski definition) is 4. The van der Waals surface area contributed by atoms with Crippen LogP contribution in [-0.4, -0.2) is 50.2 Å². The Hall–Kier alpha value is -0.660. The van der Waals surface area contributed by atoms with Gasteiger partial charge in [-0.25, -0.2) is 13.1 Å². The highest BCUT2D eigenvalue weighted by molar-refractivity contribution is 7.88. The number of sulfonamides is 1. The van der Waals surface area contributed by atoms with Crippen molar-refractivity contribution in [1.29, 1.82) is 0 Å². The van der Waals surface area contributed by atoms with Crippen molar-refractivity contribution >= 4 is 15.9 Å². The molecule has 0 radical (unpaired) electrons. The van der Waals surface area contributed by atoms with Gasteiger partial charge in [0.2, 0.25) is 15.9 Å². The number of likely N-dealkylation sites (tertiary alicyclic amines) is 1. The Morgan fingerprint density at radius 2 is 2.05 bits per heavy atom. The third kappa shape index (κ3) is 5.46. The summed E-state index contributed by atoms with van der Waals surface area (Å²) in [5.41, 5.74) is 4.99. The minimum atomic E-state index is -3.17. The smallest absolute Gasteiger partial charge is 0.242 e. The molecule has 0 bridgehead atoms. The summed E-state index contributed by atoms with van der Waals surface area (Å²) in [4.78, 5) is 14.1. The molecule has 1 heterocycles. The Labute approximate surface area is 115 Å². The third-order valence-corrected chi connectivity index (χ3v) is 4.01. The van der Waals surface area contributed by atoms with E-state index in [-0.39, 0.29) is 11.9 Å². The number of nitrogens with one attached hydrogen (secondary N) is 1. The molecule has 0 aromatic heterocycles. The highest BCUT2D eigenvalue weighted by atomic mass is 32.2.